The number of nitrogens with zero attached hydrogens (tertiary/aromatic N) is 7. The maximum absolute atomic E-state index is 17.1. The molecule has 0 radical (unpaired) electrons. The number of phenolic OH excluding ortho intramolecular Hbond substituents is 1. The highest BCUT2D eigenvalue weighted by Gasteiger charge is 2.49. The maximum atomic E-state index is 17.1. The zero-order valence-electron chi connectivity index (χ0n) is 28.9. The molecule has 0 bridgehead atoms. The van der Waals surface area contributed by atoms with E-state index in [9.17, 15) is 14.3 Å². The van der Waals surface area contributed by atoms with Crippen LogP contribution in [0.3, 0.4) is 0 Å². The molecule has 0 saturated carbocycles. The number of hydrogen-bond donors (Lipinski definition) is 1. The van der Waals surface area contributed by atoms with Crippen LogP contribution in [0.2, 0.25) is 0 Å². The van der Waals surface area contributed by atoms with Crippen LogP contribution in [0.4, 0.5) is 19.0 Å². The summed E-state index contributed by atoms with van der Waals surface area (Å²) in [6.45, 7) is 4.65. The van der Waals surface area contributed by atoms with Gasteiger partial charge in [0.1, 0.15) is 35.7 Å². The summed E-state index contributed by atoms with van der Waals surface area (Å²) in [6.07, 6.45) is 2.20. The minimum absolute atomic E-state index is 0.00948. The number of aromatic nitrogens is 4. The predicted octanol–water partition coefficient (Wildman–Crippen LogP) is 6.26. The molecular formula is C38H40F3N7O3. The van der Waals surface area contributed by atoms with Gasteiger partial charge in [-0.3, -0.25) is 14.4 Å². The van der Waals surface area contributed by atoms with Gasteiger partial charge in [0, 0.05) is 51.1 Å². The predicted molar refractivity (Wildman–Crippen MR) is 188 cm³/mol. The summed E-state index contributed by atoms with van der Waals surface area (Å²) in [6, 6.07) is 11.1. The standard InChI is InChI=1S/C38H40F3N7O3/c1-4-26-30(40)10-7-22-15-25(49)17-29(32(22)26)27-8-9-28-34(33(27)41)42-37(51-21-38-11-5-13-47(38)19-23(39)18-38)43-35(28)46-12-6-14-48-24(20-46)16-31(44-48)36(50)45(2)3/h7-10,15-17,23,49H,4-6,11-14,18-21H2,1-3H3/t23-,38+/m1/s1. The number of fused-ring (bicyclic) bond motifs is 4. The third-order valence-electron chi connectivity index (χ3n) is 10.7. The molecule has 3 aliphatic rings. The van der Waals surface area contributed by atoms with Crippen molar-refractivity contribution < 1.29 is 27.8 Å². The third kappa shape index (κ3) is 5.71. The minimum atomic E-state index is -0.942. The number of benzene rings is 3. The first-order chi connectivity index (χ1) is 24.5. The summed E-state index contributed by atoms with van der Waals surface area (Å²) in [7, 11) is 3.36. The molecule has 1 N–H and O–H groups in total. The van der Waals surface area contributed by atoms with Crippen LogP contribution in [0.1, 0.15) is 54.4 Å². The lowest BCUT2D eigenvalue weighted by Gasteiger charge is -2.31. The highest BCUT2D eigenvalue weighted by molar-refractivity contribution is 6.03. The second kappa shape index (κ2) is 12.7. The fourth-order valence-corrected chi connectivity index (χ4v) is 8.32. The van der Waals surface area contributed by atoms with Crippen LogP contribution in [-0.2, 0) is 19.5 Å². The minimum Gasteiger partial charge on any atom is -0.508 e. The normalized spacial score (nSPS) is 20.5. The number of carbonyl (C=O) groups excluding carboxylic acids is 1. The summed E-state index contributed by atoms with van der Waals surface area (Å²) in [5, 5.41) is 16.8. The van der Waals surface area contributed by atoms with E-state index in [2.05, 4.69) is 15.0 Å². The quantitative estimate of drug-likeness (QED) is 0.213. The molecule has 2 aromatic heterocycles. The topological polar surface area (TPSA) is 99.9 Å². The lowest BCUT2D eigenvalue weighted by atomic mass is 9.92. The molecule has 3 aliphatic heterocycles. The fourth-order valence-electron chi connectivity index (χ4n) is 8.32. The monoisotopic (exact) mass is 699 g/mol. The van der Waals surface area contributed by atoms with Gasteiger partial charge in [0.15, 0.2) is 11.5 Å². The second-order valence-corrected chi connectivity index (χ2v) is 14.2. The van der Waals surface area contributed by atoms with Crippen LogP contribution in [0.15, 0.2) is 42.5 Å². The van der Waals surface area contributed by atoms with Gasteiger partial charge in [0.2, 0.25) is 0 Å². The number of aryl methyl sites for hydroxylation is 2. The molecule has 5 aromatic rings. The van der Waals surface area contributed by atoms with Crippen LogP contribution in [-0.4, -0.2) is 92.6 Å². The molecule has 10 nitrogen and oxygen atoms in total. The number of carbonyl (C=O) groups is 1. The van der Waals surface area contributed by atoms with E-state index in [1.54, 1.807) is 44.4 Å². The van der Waals surface area contributed by atoms with Crippen LogP contribution < -0.4 is 9.64 Å². The molecule has 51 heavy (non-hydrogen) atoms. The van der Waals surface area contributed by atoms with E-state index in [0.717, 1.165) is 25.1 Å². The lowest BCUT2D eigenvalue weighted by Crippen LogP contribution is -2.43. The SMILES string of the molecule is CCc1c(F)ccc2cc(O)cc(-c3ccc4c(N5CCCn6nc(C(=O)N(C)C)cc6C5)nc(OC[C@@]56CCCN5C[C@H](F)C6)nc4c3F)c12. The van der Waals surface area contributed by atoms with Gasteiger partial charge >= 0.3 is 6.01 Å². The molecular weight excluding hydrogens is 659 g/mol. The Hall–Kier alpha value is -4.91. The first kappa shape index (κ1) is 33.2. The van der Waals surface area contributed by atoms with Crippen molar-refractivity contribution in [1.82, 2.24) is 29.5 Å². The van der Waals surface area contributed by atoms with Gasteiger partial charge in [-0.25, -0.2) is 13.2 Å². The molecule has 13 heteroatoms. The largest absolute Gasteiger partial charge is 0.508 e. The van der Waals surface area contributed by atoms with Gasteiger partial charge in [-0.1, -0.05) is 19.1 Å². The zero-order valence-corrected chi connectivity index (χ0v) is 28.9. The zero-order chi connectivity index (χ0) is 35.6. The smallest absolute Gasteiger partial charge is 0.319 e. The molecule has 2 atom stereocenters. The average molecular weight is 700 g/mol. The molecule has 2 saturated heterocycles. The number of phenols is 1. The number of halogens is 3. The highest BCUT2D eigenvalue weighted by atomic mass is 19.1. The Morgan fingerprint density at radius 3 is 2.71 bits per heavy atom. The second-order valence-electron chi connectivity index (χ2n) is 14.2. The number of amides is 1. The number of hydrogen-bond acceptors (Lipinski definition) is 8. The van der Waals surface area contributed by atoms with Gasteiger partial charge in [-0.05, 0) is 84.5 Å². The Morgan fingerprint density at radius 2 is 1.90 bits per heavy atom. The van der Waals surface area contributed by atoms with Gasteiger partial charge < -0.3 is 19.6 Å². The van der Waals surface area contributed by atoms with E-state index >= 15 is 8.78 Å². The van der Waals surface area contributed by atoms with Gasteiger partial charge in [0.25, 0.3) is 5.91 Å². The van der Waals surface area contributed by atoms with Crippen molar-refractivity contribution in [3.8, 4) is 22.9 Å². The van der Waals surface area contributed by atoms with Gasteiger partial charge in [-0.2, -0.15) is 15.1 Å². The van der Waals surface area contributed by atoms with Crippen LogP contribution in [0.5, 0.6) is 11.8 Å². The number of ether oxygens (including phenoxy) is 1. The Kier molecular flexibility index (Phi) is 8.28. The fraction of sp³-hybridized carbons (Fsp3) is 0.421. The molecule has 1 amide bonds. The van der Waals surface area contributed by atoms with Crippen molar-refractivity contribution in [3.05, 3.63) is 71.1 Å². The van der Waals surface area contributed by atoms with E-state index in [-0.39, 0.29) is 35.4 Å². The maximum Gasteiger partial charge on any atom is 0.319 e. The third-order valence-corrected chi connectivity index (χ3v) is 10.7. The summed E-state index contributed by atoms with van der Waals surface area (Å²) in [4.78, 5) is 27.9. The van der Waals surface area contributed by atoms with Gasteiger partial charge in [-0.15, -0.1) is 0 Å². The van der Waals surface area contributed by atoms with E-state index in [0.29, 0.717) is 84.2 Å². The number of anilines is 1. The van der Waals surface area contributed by atoms with E-state index < -0.39 is 23.3 Å². The summed E-state index contributed by atoms with van der Waals surface area (Å²) in [5.41, 5.74) is 1.61. The first-order valence-electron chi connectivity index (χ1n) is 17.5. The van der Waals surface area contributed by atoms with Crippen molar-refractivity contribution in [3.63, 3.8) is 0 Å². The molecule has 266 valence electrons. The molecule has 0 unspecified atom stereocenters. The molecule has 0 aliphatic carbocycles. The Balaban J connectivity index is 1.26. The van der Waals surface area contributed by atoms with E-state index in [1.807, 2.05) is 16.5 Å². The summed E-state index contributed by atoms with van der Waals surface area (Å²) < 4.78 is 54.9. The highest BCUT2D eigenvalue weighted by Crippen LogP contribution is 2.42. The van der Waals surface area contributed by atoms with E-state index in [4.69, 9.17) is 9.72 Å². The summed E-state index contributed by atoms with van der Waals surface area (Å²) >= 11 is 0. The van der Waals surface area contributed by atoms with Crippen LogP contribution in [0.25, 0.3) is 32.8 Å². The number of rotatable bonds is 7. The number of aromatic hydroxyl groups is 1. The van der Waals surface area contributed by atoms with Crippen molar-refractivity contribution in [1.29, 1.82) is 0 Å². The van der Waals surface area contributed by atoms with Crippen LogP contribution >= 0.6 is 0 Å². The molecule has 8 rings (SSSR count). The molecule has 2 fully saturated rings. The van der Waals surface area contributed by atoms with Crippen molar-refractivity contribution in [2.45, 2.75) is 63.8 Å². The van der Waals surface area contributed by atoms with Crippen molar-refractivity contribution in [2.75, 3.05) is 45.2 Å². The van der Waals surface area contributed by atoms with E-state index in [1.165, 1.54) is 17.0 Å². The lowest BCUT2D eigenvalue weighted by molar-refractivity contribution is 0.0821. The van der Waals surface area contributed by atoms with Crippen molar-refractivity contribution >= 4 is 33.4 Å². The molecule has 0 spiro atoms. The average Bonchev–Trinajstić information content (AvgIpc) is 3.73. The molecule has 5 heterocycles. The Bertz CT molecular complexity index is 2190. The molecule has 3 aromatic carbocycles. The summed E-state index contributed by atoms with van der Waals surface area (Å²) in [5.74, 6) is -0.893. The van der Waals surface area contributed by atoms with Gasteiger partial charge in [0.05, 0.1) is 17.8 Å². The van der Waals surface area contributed by atoms with Crippen LogP contribution in [0, 0.1) is 11.6 Å². The Morgan fingerprint density at radius 1 is 1.06 bits per heavy atom. The Labute approximate surface area is 293 Å². The first-order valence-corrected chi connectivity index (χ1v) is 17.5. The number of alkyl halides is 1. The van der Waals surface area contributed by atoms with Crippen molar-refractivity contribution in [2.24, 2.45) is 0 Å².